The van der Waals surface area contributed by atoms with Crippen LogP contribution in [0.1, 0.15) is 271 Å². The Bertz CT molecular complexity index is 1230. The van der Waals surface area contributed by atoms with Crippen molar-refractivity contribution < 1.29 is 32.8 Å². The quantitative estimate of drug-likeness (QED) is 0.0268. The largest absolute Gasteiger partial charge is 0.472 e. The zero-order valence-electron chi connectivity index (χ0n) is 44.6. The number of carbonyl (C=O) groups excluding carboxylic acids is 1. The lowest BCUT2D eigenvalue weighted by molar-refractivity contribution is -0.154. The Kier molecular flexibility index (Phi) is 54.6. The van der Waals surface area contributed by atoms with Gasteiger partial charge in [-0.1, -0.05) is 242 Å². The number of esters is 1. The maximum Gasteiger partial charge on any atom is 0.472 e. The molecule has 0 radical (unpaired) electrons. The van der Waals surface area contributed by atoms with Crippen molar-refractivity contribution in [2.45, 2.75) is 277 Å². The van der Waals surface area contributed by atoms with Gasteiger partial charge < -0.3 is 20.1 Å². The molecule has 0 bridgehead atoms. The summed E-state index contributed by atoms with van der Waals surface area (Å²) in [5.74, 6) is -0.331. The van der Waals surface area contributed by atoms with Gasteiger partial charge in [-0.05, 0) is 83.5 Å². The predicted octanol–water partition coefficient (Wildman–Crippen LogP) is 18.4. The van der Waals surface area contributed by atoms with Crippen molar-refractivity contribution >= 4 is 13.8 Å². The smallest absolute Gasteiger partial charge is 0.457 e. The summed E-state index contributed by atoms with van der Waals surface area (Å²) in [4.78, 5) is 22.7. The molecule has 0 aromatic rings. The molecule has 0 spiro atoms. The van der Waals surface area contributed by atoms with Crippen molar-refractivity contribution in [2.24, 2.45) is 5.73 Å². The van der Waals surface area contributed by atoms with E-state index in [0.717, 1.165) is 51.4 Å². The van der Waals surface area contributed by atoms with Crippen LogP contribution in [0.25, 0.3) is 0 Å². The maximum absolute atomic E-state index is 12.7. The normalized spacial score (nSPS) is 13.6. The van der Waals surface area contributed by atoms with Crippen LogP contribution in [-0.4, -0.2) is 49.9 Å². The van der Waals surface area contributed by atoms with Gasteiger partial charge in [0, 0.05) is 19.6 Å². The van der Waals surface area contributed by atoms with Crippen LogP contribution in [0.3, 0.4) is 0 Å². The number of hydrogen-bond acceptors (Lipinski definition) is 7. The molecule has 2 atom stereocenters. The Hall–Kier alpha value is -1.80. The van der Waals surface area contributed by atoms with E-state index in [2.05, 4.69) is 74.6 Å². The van der Waals surface area contributed by atoms with E-state index in [1.54, 1.807) is 0 Å². The summed E-state index contributed by atoms with van der Waals surface area (Å²) in [6.45, 7) is 4.93. The number of ether oxygens (including phenoxy) is 2. The zero-order chi connectivity index (χ0) is 49.4. The number of nitrogens with two attached hydrogens (primary N) is 1. The minimum atomic E-state index is -4.29. The highest BCUT2D eigenvalue weighted by atomic mass is 31.2. The highest BCUT2D eigenvalue weighted by molar-refractivity contribution is 7.47. The van der Waals surface area contributed by atoms with Crippen LogP contribution in [0, 0.1) is 0 Å². The summed E-state index contributed by atoms with van der Waals surface area (Å²) in [5.41, 5.74) is 5.40. The van der Waals surface area contributed by atoms with Crippen molar-refractivity contribution in [3.05, 3.63) is 60.8 Å². The van der Waals surface area contributed by atoms with Gasteiger partial charge in [0.25, 0.3) is 0 Å². The summed E-state index contributed by atoms with van der Waals surface area (Å²) in [6.07, 6.45) is 71.2. The van der Waals surface area contributed by atoms with Gasteiger partial charge in [0.05, 0.1) is 19.8 Å². The number of allylic oxidation sites excluding steroid dienone is 10. The summed E-state index contributed by atoms with van der Waals surface area (Å²) in [5, 5.41) is 0. The van der Waals surface area contributed by atoms with Gasteiger partial charge in [-0.25, -0.2) is 4.57 Å². The minimum Gasteiger partial charge on any atom is -0.457 e. The average molecular weight is 977 g/mol. The summed E-state index contributed by atoms with van der Waals surface area (Å²) in [6, 6.07) is 0. The second kappa shape index (κ2) is 56.1. The third-order valence-electron chi connectivity index (χ3n) is 12.4. The monoisotopic (exact) mass is 976 g/mol. The molecular weight excluding hydrogens is 866 g/mol. The molecule has 0 aliphatic rings. The SMILES string of the molecule is CCCCCCC/C=C\C/C=C\C/C=C\CCCCCCCCCCCCCOCC(COP(=O)(O)OCCN)OC(=O)CCCCCCCCCCCCC/C=C\C/C=C\CCCCCCC. The van der Waals surface area contributed by atoms with Crippen LogP contribution in [0.4, 0.5) is 0 Å². The molecule has 0 amide bonds. The number of unbranched alkanes of at least 4 members (excludes halogenated alkanes) is 32. The Balaban J connectivity index is 3.90. The van der Waals surface area contributed by atoms with E-state index in [9.17, 15) is 14.3 Å². The molecule has 2 unspecified atom stereocenters. The van der Waals surface area contributed by atoms with E-state index in [1.807, 2.05) is 0 Å². The van der Waals surface area contributed by atoms with E-state index in [1.165, 1.54) is 199 Å². The third kappa shape index (κ3) is 55.1. The van der Waals surface area contributed by atoms with Crippen molar-refractivity contribution in [3.8, 4) is 0 Å². The zero-order valence-corrected chi connectivity index (χ0v) is 45.5. The van der Waals surface area contributed by atoms with Crippen molar-refractivity contribution in [2.75, 3.05) is 33.0 Å². The lowest BCUT2D eigenvalue weighted by atomic mass is 10.0. The maximum atomic E-state index is 12.7. The third-order valence-corrected chi connectivity index (χ3v) is 13.4. The van der Waals surface area contributed by atoms with Gasteiger partial charge in [0.1, 0.15) is 6.10 Å². The topological polar surface area (TPSA) is 117 Å². The molecule has 68 heavy (non-hydrogen) atoms. The summed E-state index contributed by atoms with van der Waals surface area (Å²) >= 11 is 0. The molecule has 0 rings (SSSR count). The van der Waals surface area contributed by atoms with E-state index in [0.29, 0.717) is 13.0 Å². The van der Waals surface area contributed by atoms with Gasteiger partial charge in [-0.2, -0.15) is 0 Å². The van der Waals surface area contributed by atoms with E-state index < -0.39 is 13.9 Å². The van der Waals surface area contributed by atoms with Crippen molar-refractivity contribution in [1.82, 2.24) is 0 Å². The van der Waals surface area contributed by atoms with Crippen molar-refractivity contribution in [1.29, 1.82) is 0 Å². The fourth-order valence-electron chi connectivity index (χ4n) is 8.15. The van der Waals surface area contributed by atoms with Crippen LogP contribution in [-0.2, 0) is 27.9 Å². The lowest BCUT2D eigenvalue weighted by Gasteiger charge is -2.20. The first-order valence-corrected chi connectivity index (χ1v) is 30.3. The molecule has 0 aliphatic carbocycles. The Morgan fingerprint density at radius 2 is 0.779 bits per heavy atom. The van der Waals surface area contributed by atoms with Crippen molar-refractivity contribution in [3.63, 3.8) is 0 Å². The molecule has 0 aromatic heterocycles. The van der Waals surface area contributed by atoms with Crippen LogP contribution >= 0.6 is 7.82 Å². The molecule has 0 aromatic carbocycles. The van der Waals surface area contributed by atoms with Gasteiger partial charge in [0.15, 0.2) is 0 Å². The number of hydrogen-bond donors (Lipinski definition) is 2. The molecule has 398 valence electrons. The first-order valence-electron chi connectivity index (χ1n) is 28.8. The molecule has 3 N–H and O–H groups in total. The lowest BCUT2D eigenvalue weighted by Crippen LogP contribution is -2.28. The number of phosphoric acid groups is 1. The average Bonchev–Trinajstić information content (AvgIpc) is 3.33. The predicted molar refractivity (Wildman–Crippen MR) is 293 cm³/mol. The van der Waals surface area contributed by atoms with E-state index >= 15 is 0 Å². The number of phosphoric ester groups is 1. The van der Waals surface area contributed by atoms with Crippen LogP contribution in [0.2, 0.25) is 0 Å². The second-order valence-electron chi connectivity index (χ2n) is 19.1. The highest BCUT2D eigenvalue weighted by Gasteiger charge is 2.25. The minimum absolute atomic E-state index is 0.0977. The van der Waals surface area contributed by atoms with Crippen LogP contribution < -0.4 is 5.73 Å². The standard InChI is InChI=1S/C59H110NO7P/c1-3-5-7-9-11-13-15-17-19-21-23-25-27-28-29-31-33-35-37-39-41-43-45-47-49-51-54-64-56-58(57-66-68(62,63)65-55-53-60)67-59(61)52-50-48-46-44-42-40-38-36-34-32-30-26-24-22-20-18-16-14-12-10-8-6-4-2/h15-18,21-24,27-28,58H,3-14,19-20,25-26,29-57,60H2,1-2H3,(H,62,63)/b17-15-,18-16-,23-21-,24-22-,28-27-. The fourth-order valence-corrected chi connectivity index (χ4v) is 8.92. The van der Waals surface area contributed by atoms with E-state index in [-0.39, 0.29) is 32.3 Å². The summed E-state index contributed by atoms with van der Waals surface area (Å²) in [7, 11) is -4.29. The van der Waals surface area contributed by atoms with Crippen LogP contribution in [0.15, 0.2) is 60.8 Å². The van der Waals surface area contributed by atoms with E-state index in [4.69, 9.17) is 24.3 Å². The van der Waals surface area contributed by atoms with Gasteiger partial charge in [-0.3, -0.25) is 13.8 Å². The number of carbonyl (C=O) groups is 1. The number of rotatable bonds is 55. The fraction of sp³-hybridized carbons (Fsp3) is 0.814. The molecule has 8 nitrogen and oxygen atoms in total. The molecule has 0 fully saturated rings. The molecule has 0 saturated heterocycles. The Morgan fingerprint density at radius 1 is 0.441 bits per heavy atom. The van der Waals surface area contributed by atoms with Gasteiger partial charge in [-0.15, -0.1) is 0 Å². The molecule has 0 saturated carbocycles. The first kappa shape index (κ1) is 66.2. The van der Waals surface area contributed by atoms with Crippen LogP contribution in [0.5, 0.6) is 0 Å². The first-order chi connectivity index (χ1) is 33.4. The highest BCUT2D eigenvalue weighted by Crippen LogP contribution is 2.43. The Morgan fingerprint density at radius 3 is 1.16 bits per heavy atom. The molecule has 0 heterocycles. The second-order valence-corrected chi connectivity index (χ2v) is 20.6. The van der Waals surface area contributed by atoms with Gasteiger partial charge in [0.2, 0.25) is 0 Å². The van der Waals surface area contributed by atoms with Gasteiger partial charge >= 0.3 is 13.8 Å². The molecular formula is C59H110NO7P. The molecule has 0 aliphatic heterocycles. The molecule has 9 heteroatoms. The summed E-state index contributed by atoms with van der Waals surface area (Å²) < 4.78 is 33.7. The Labute approximate surface area is 421 Å².